The molecule has 0 bridgehead atoms. The van der Waals surface area contributed by atoms with Crippen LogP contribution in [-0.4, -0.2) is 18.4 Å². The number of benzene rings is 1. The summed E-state index contributed by atoms with van der Waals surface area (Å²) in [4.78, 5) is 24.1. The number of hydrogen-bond acceptors (Lipinski definition) is 5. The highest BCUT2D eigenvalue weighted by molar-refractivity contribution is 7.12. The first-order valence-corrected chi connectivity index (χ1v) is 7.37. The first-order chi connectivity index (χ1) is 10.2. The van der Waals surface area contributed by atoms with Crippen molar-refractivity contribution >= 4 is 28.8 Å². The van der Waals surface area contributed by atoms with Gasteiger partial charge in [0.05, 0.1) is 17.0 Å². The van der Waals surface area contributed by atoms with Crippen molar-refractivity contribution in [1.29, 1.82) is 0 Å². The van der Waals surface area contributed by atoms with Gasteiger partial charge in [0.2, 0.25) is 0 Å². The maximum absolute atomic E-state index is 11.8. The smallest absolute Gasteiger partial charge is 0.338 e. The lowest BCUT2D eigenvalue weighted by molar-refractivity contribution is 0.0526. The van der Waals surface area contributed by atoms with Crippen LogP contribution in [0, 0.1) is 0 Å². The molecule has 4 nitrogen and oxygen atoms in total. The molecule has 1 aromatic carbocycles. The molecule has 0 aliphatic rings. The molecule has 0 atom stereocenters. The van der Waals surface area contributed by atoms with Gasteiger partial charge in [-0.25, -0.2) is 4.79 Å². The molecule has 0 spiro atoms. The highest BCUT2D eigenvalue weighted by Crippen LogP contribution is 2.13. The van der Waals surface area contributed by atoms with Gasteiger partial charge in [-0.1, -0.05) is 12.1 Å². The summed E-state index contributed by atoms with van der Waals surface area (Å²) in [6.45, 7) is 2.10. The molecule has 21 heavy (non-hydrogen) atoms. The zero-order valence-electron chi connectivity index (χ0n) is 11.5. The lowest BCUT2D eigenvalue weighted by Gasteiger charge is -2.04. The van der Waals surface area contributed by atoms with E-state index in [4.69, 9.17) is 4.74 Å². The third-order valence-electron chi connectivity index (χ3n) is 2.62. The van der Waals surface area contributed by atoms with E-state index in [-0.39, 0.29) is 11.8 Å². The van der Waals surface area contributed by atoms with Gasteiger partial charge in [-0.2, -0.15) is 0 Å². The fourth-order valence-electron chi connectivity index (χ4n) is 1.66. The van der Waals surface area contributed by atoms with Gasteiger partial charge in [0.25, 0.3) is 0 Å². The second-order valence-corrected chi connectivity index (χ2v) is 5.07. The van der Waals surface area contributed by atoms with Crippen LogP contribution in [0.1, 0.15) is 27.0 Å². The number of thiophene rings is 1. The number of nitrogens with one attached hydrogen (secondary N) is 1. The van der Waals surface area contributed by atoms with Crippen LogP contribution in [0.4, 0.5) is 5.69 Å². The molecular weight excluding hydrogens is 286 g/mol. The van der Waals surface area contributed by atoms with Crippen molar-refractivity contribution in [2.24, 2.45) is 0 Å². The number of ketones is 1. The molecule has 1 aromatic heterocycles. The number of carbonyl (C=O) groups is 2. The van der Waals surface area contributed by atoms with E-state index in [0.29, 0.717) is 17.0 Å². The molecule has 0 aliphatic carbocycles. The highest BCUT2D eigenvalue weighted by atomic mass is 32.1. The highest BCUT2D eigenvalue weighted by Gasteiger charge is 2.06. The molecule has 5 heteroatoms. The summed E-state index contributed by atoms with van der Waals surface area (Å²) in [6.07, 6.45) is 3.02. The molecule has 0 fully saturated rings. The van der Waals surface area contributed by atoms with E-state index in [0.717, 1.165) is 5.69 Å². The Morgan fingerprint density at radius 1 is 1.29 bits per heavy atom. The molecule has 2 rings (SSSR count). The quantitative estimate of drug-likeness (QED) is 0.502. The minimum atomic E-state index is -0.361. The number of ether oxygens (including phenoxy) is 1. The maximum atomic E-state index is 11.8. The van der Waals surface area contributed by atoms with Crippen LogP contribution >= 0.6 is 11.3 Å². The normalized spacial score (nSPS) is 10.5. The molecule has 0 unspecified atom stereocenters. The fraction of sp³-hybridized carbons (Fsp3) is 0.125. The monoisotopic (exact) mass is 301 g/mol. The summed E-state index contributed by atoms with van der Waals surface area (Å²) in [5, 5.41) is 4.83. The number of hydrogen-bond donors (Lipinski definition) is 1. The van der Waals surface area contributed by atoms with Crippen molar-refractivity contribution in [1.82, 2.24) is 0 Å². The molecule has 2 aromatic rings. The van der Waals surface area contributed by atoms with Crippen LogP contribution < -0.4 is 5.32 Å². The van der Waals surface area contributed by atoms with Gasteiger partial charge >= 0.3 is 5.97 Å². The van der Waals surface area contributed by atoms with Crippen molar-refractivity contribution < 1.29 is 14.3 Å². The van der Waals surface area contributed by atoms with Gasteiger partial charge in [-0.3, -0.25) is 4.79 Å². The van der Waals surface area contributed by atoms with Gasteiger partial charge in [-0.15, -0.1) is 11.3 Å². The van der Waals surface area contributed by atoms with Crippen molar-refractivity contribution in [2.75, 3.05) is 11.9 Å². The zero-order chi connectivity index (χ0) is 15.1. The minimum Gasteiger partial charge on any atom is -0.462 e. The summed E-state index contributed by atoms with van der Waals surface area (Å²) < 4.78 is 4.94. The summed E-state index contributed by atoms with van der Waals surface area (Å²) in [6, 6.07) is 10.5. The predicted octanol–water partition coefficient (Wildman–Crippen LogP) is 3.73. The van der Waals surface area contributed by atoms with E-state index < -0.39 is 0 Å². The lowest BCUT2D eigenvalue weighted by atomic mass is 10.2. The Balaban J connectivity index is 1.98. The lowest BCUT2D eigenvalue weighted by Crippen LogP contribution is -2.04. The molecule has 1 N–H and O–H groups in total. The van der Waals surface area contributed by atoms with E-state index >= 15 is 0 Å². The number of rotatable bonds is 6. The molecule has 0 radical (unpaired) electrons. The Morgan fingerprint density at radius 2 is 2.14 bits per heavy atom. The fourth-order valence-corrected chi connectivity index (χ4v) is 2.31. The maximum Gasteiger partial charge on any atom is 0.338 e. The topological polar surface area (TPSA) is 55.4 Å². The van der Waals surface area contributed by atoms with Crippen molar-refractivity contribution in [3.63, 3.8) is 0 Å². The van der Waals surface area contributed by atoms with E-state index in [9.17, 15) is 9.59 Å². The Labute approximate surface area is 127 Å². The molecule has 0 amide bonds. The Hall–Kier alpha value is -2.40. The summed E-state index contributed by atoms with van der Waals surface area (Å²) in [5.41, 5.74) is 1.19. The average molecular weight is 301 g/mol. The number of carbonyl (C=O) groups excluding carboxylic acids is 2. The van der Waals surface area contributed by atoms with Crippen molar-refractivity contribution in [3.05, 3.63) is 64.5 Å². The van der Waals surface area contributed by atoms with Gasteiger partial charge in [-0.05, 0) is 36.6 Å². The minimum absolute atomic E-state index is 0.0564. The average Bonchev–Trinajstić information content (AvgIpc) is 3.02. The van der Waals surface area contributed by atoms with E-state index in [1.165, 1.54) is 17.4 Å². The van der Waals surface area contributed by atoms with Crippen molar-refractivity contribution in [2.45, 2.75) is 6.92 Å². The van der Waals surface area contributed by atoms with Gasteiger partial charge in [0.15, 0.2) is 5.78 Å². The van der Waals surface area contributed by atoms with Crippen LogP contribution in [0.5, 0.6) is 0 Å². The molecule has 108 valence electrons. The SMILES string of the molecule is CCOC(=O)c1cccc(N/C=C/C(=O)c2cccs2)c1. The zero-order valence-corrected chi connectivity index (χ0v) is 12.4. The van der Waals surface area contributed by atoms with Gasteiger partial charge in [0.1, 0.15) is 0 Å². The largest absolute Gasteiger partial charge is 0.462 e. The van der Waals surface area contributed by atoms with Crippen LogP contribution in [0.25, 0.3) is 0 Å². The Bertz CT molecular complexity index is 647. The Kier molecular flexibility index (Phi) is 5.29. The molecule has 0 aliphatic heterocycles. The Morgan fingerprint density at radius 3 is 2.86 bits per heavy atom. The number of allylic oxidation sites excluding steroid dienone is 1. The number of esters is 1. The van der Waals surface area contributed by atoms with Gasteiger partial charge < -0.3 is 10.1 Å². The summed E-state index contributed by atoms with van der Waals surface area (Å²) in [5.74, 6) is -0.418. The second-order valence-electron chi connectivity index (χ2n) is 4.12. The van der Waals surface area contributed by atoms with Crippen molar-refractivity contribution in [3.8, 4) is 0 Å². The van der Waals surface area contributed by atoms with Gasteiger partial charge in [0, 0.05) is 18.0 Å². The molecule has 0 saturated carbocycles. The molecule has 1 heterocycles. The first-order valence-electron chi connectivity index (χ1n) is 6.49. The third kappa shape index (κ3) is 4.29. The molecule has 0 saturated heterocycles. The predicted molar refractivity (Wildman–Crippen MR) is 83.8 cm³/mol. The van der Waals surface area contributed by atoms with Crippen LogP contribution in [-0.2, 0) is 4.74 Å². The number of anilines is 1. The third-order valence-corrected chi connectivity index (χ3v) is 3.51. The van der Waals surface area contributed by atoms with E-state index in [1.54, 1.807) is 37.4 Å². The van der Waals surface area contributed by atoms with E-state index in [2.05, 4.69) is 5.32 Å². The van der Waals surface area contributed by atoms with Crippen LogP contribution in [0.2, 0.25) is 0 Å². The van der Waals surface area contributed by atoms with Crippen LogP contribution in [0.15, 0.2) is 54.1 Å². The van der Waals surface area contributed by atoms with Crippen LogP contribution in [0.3, 0.4) is 0 Å². The standard InChI is InChI=1S/C16H15NO3S/c1-2-20-16(19)12-5-3-6-13(11-12)17-9-8-14(18)15-7-4-10-21-15/h3-11,17H,2H2,1H3/b9-8+. The first kappa shape index (κ1) is 15.0. The summed E-state index contributed by atoms with van der Waals surface area (Å²) >= 11 is 1.40. The summed E-state index contributed by atoms with van der Waals surface area (Å²) in [7, 11) is 0. The van der Waals surface area contributed by atoms with E-state index in [1.807, 2.05) is 17.5 Å². The second kappa shape index (κ2) is 7.40. The molecular formula is C16H15NO3S.